The van der Waals surface area contributed by atoms with Gasteiger partial charge in [-0.25, -0.2) is 9.78 Å². The van der Waals surface area contributed by atoms with E-state index in [0.29, 0.717) is 19.4 Å². The highest BCUT2D eigenvalue weighted by atomic mass is 16.2. The number of amides is 4. The van der Waals surface area contributed by atoms with Gasteiger partial charge < -0.3 is 15.6 Å². The zero-order valence-corrected chi connectivity index (χ0v) is 16.5. The molecule has 4 amide bonds. The van der Waals surface area contributed by atoms with Gasteiger partial charge in [0.2, 0.25) is 5.91 Å². The molecule has 4 rings (SSSR count). The molecule has 1 spiro atoms. The van der Waals surface area contributed by atoms with Gasteiger partial charge in [-0.2, -0.15) is 0 Å². The van der Waals surface area contributed by atoms with Crippen LogP contribution in [0.2, 0.25) is 0 Å². The minimum absolute atomic E-state index is 0.125. The quantitative estimate of drug-likeness (QED) is 0.492. The van der Waals surface area contributed by atoms with Gasteiger partial charge in [-0.3, -0.25) is 14.5 Å². The summed E-state index contributed by atoms with van der Waals surface area (Å²) in [6.45, 7) is 0.655. The van der Waals surface area contributed by atoms with Crippen LogP contribution >= 0.6 is 0 Å². The number of rotatable bonds is 7. The van der Waals surface area contributed by atoms with E-state index in [1.54, 1.807) is 0 Å². The van der Waals surface area contributed by atoms with Crippen LogP contribution in [0.3, 0.4) is 0 Å². The van der Waals surface area contributed by atoms with Crippen LogP contribution in [0.15, 0.2) is 24.3 Å². The van der Waals surface area contributed by atoms with Crippen molar-refractivity contribution in [1.29, 1.82) is 0 Å². The predicted molar refractivity (Wildman–Crippen MR) is 108 cm³/mol. The lowest BCUT2D eigenvalue weighted by atomic mass is 9.82. The second kappa shape index (κ2) is 8.23. The van der Waals surface area contributed by atoms with Crippen LogP contribution in [-0.4, -0.2) is 51.3 Å². The highest BCUT2D eigenvalue weighted by Gasteiger charge is 2.50. The van der Waals surface area contributed by atoms with Crippen molar-refractivity contribution < 1.29 is 14.4 Å². The molecule has 0 bridgehead atoms. The smallest absolute Gasteiger partial charge is 0.325 e. The number of aromatic nitrogens is 2. The van der Waals surface area contributed by atoms with Crippen LogP contribution < -0.4 is 10.6 Å². The normalized spacial score (nSPS) is 18.4. The molecule has 0 atom stereocenters. The molecule has 8 heteroatoms. The summed E-state index contributed by atoms with van der Waals surface area (Å²) >= 11 is 0. The predicted octanol–water partition coefficient (Wildman–Crippen LogP) is 2.26. The number of fused-ring (bicyclic) bond motifs is 1. The molecule has 1 aliphatic carbocycles. The lowest BCUT2D eigenvalue weighted by molar-refractivity contribution is -0.132. The molecule has 1 aliphatic heterocycles. The van der Waals surface area contributed by atoms with Gasteiger partial charge in [0.05, 0.1) is 11.0 Å². The Hall–Kier alpha value is -2.90. The molecular weight excluding hydrogens is 370 g/mol. The van der Waals surface area contributed by atoms with E-state index in [1.807, 2.05) is 24.3 Å². The Balaban J connectivity index is 1.19. The average molecular weight is 397 g/mol. The number of H-pyrrole nitrogens is 1. The third kappa shape index (κ3) is 4.11. The summed E-state index contributed by atoms with van der Waals surface area (Å²) in [5.41, 5.74) is 1.23. The number of nitrogens with one attached hydrogen (secondary N) is 3. The van der Waals surface area contributed by atoms with Gasteiger partial charge >= 0.3 is 6.03 Å². The number of nitrogens with zero attached hydrogens (tertiary/aromatic N) is 2. The number of carbonyl (C=O) groups is 3. The SMILES string of the molecule is O=C(CCN1C(=O)NC2(CCCCC2)C1=O)NCCCc1nc2ccccc2[nH]1. The number of hydrogen-bond acceptors (Lipinski definition) is 4. The van der Waals surface area contributed by atoms with E-state index in [9.17, 15) is 14.4 Å². The number of urea groups is 1. The van der Waals surface area contributed by atoms with Crippen molar-refractivity contribution in [3.05, 3.63) is 30.1 Å². The Labute approximate surface area is 169 Å². The molecule has 0 unspecified atom stereocenters. The van der Waals surface area contributed by atoms with Gasteiger partial charge in [-0.1, -0.05) is 31.4 Å². The maximum atomic E-state index is 12.7. The number of benzene rings is 1. The van der Waals surface area contributed by atoms with Crippen molar-refractivity contribution in [2.45, 2.75) is 56.9 Å². The Morgan fingerprint density at radius 1 is 1.17 bits per heavy atom. The van der Waals surface area contributed by atoms with E-state index in [-0.39, 0.29) is 30.8 Å². The van der Waals surface area contributed by atoms with Gasteiger partial charge in [-0.05, 0) is 31.4 Å². The molecule has 29 heavy (non-hydrogen) atoms. The van der Waals surface area contributed by atoms with E-state index < -0.39 is 5.54 Å². The Bertz CT molecular complexity index is 883. The third-order valence-corrected chi connectivity index (χ3v) is 5.87. The molecule has 8 nitrogen and oxygen atoms in total. The van der Waals surface area contributed by atoms with E-state index in [4.69, 9.17) is 0 Å². The fourth-order valence-corrected chi connectivity index (χ4v) is 4.28. The fraction of sp³-hybridized carbons (Fsp3) is 0.524. The summed E-state index contributed by atoms with van der Waals surface area (Å²) in [5, 5.41) is 5.73. The Kier molecular flexibility index (Phi) is 5.51. The molecule has 1 saturated heterocycles. The molecule has 2 fully saturated rings. The van der Waals surface area contributed by atoms with Crippen molar-refractivity contribution in [2.24, 2.45) is 0 Å². The maximum absolute atomic E-state index is 12.7. The van der Waals surface area contributed by atoms with Crippen molar-refractivity contribution >= 4 is 28.9 Å². The molecule has 1 aromatic heterocycles. The van der Waals surface area contributed by atoms with Gasteiger partial charge in [0, 0.05) is 25.9 Å². The molecule has 2 aliphatic rings. The first-order chi connectivity index (χ1) is 14.1. The summed E-state index contributed by atoms with van der Waals surface area (Å²) in [6, 6.07) is 7.50. The molecule has 1 aromatic carbocycles. The van der Waals surface area contributed by atoms with Crippen LogP contribution in [-0.2, 0) is 16.0 Å². The second-order valence-corrected chi connectivity index (χ2v) is 7.93. The number of aryl methyl sites for hydroxylation is 1. The van der Waals surface area contributed by atoms with Crippen LogP contribution in [0.25, 0.3) is 11.0 Å². The highest BCUT2D eigenvalue weighted by molar-refractivity contribution is 6.07. The summed E-state index contributed by atoms with van der Waals surface area (Å²) in [4.78, 5) is 46.0. The molecule has 2 aromatic rings. The number of aromatic amines is 1. The zero-order chi connectivity index (χ0) is 20.3. The third-order valence-electron chi connectivity index (χ3n) is 5.87. The minimum atomic E-state index is -0.724. The van der Waals surface area contributed by atoms with Crippen LogP contribution in [0.5, 0.6) is 0 Å². The van der Waals surface area contributed by atoms with E-state index in [1.165, 1.54) is 4.90 Å². The van der Waals surface area contributed by atoms with Crippen molar-refractivity contribution in [3.63, 3.8) is 0 Å². The maximum Gasteiger partial charge on any atom is 0.325 e. The molecule has 2 heterocycles. The molecule has 154 valence electrons. The fourth-order valence-electron chi connectivity index (χ4n) is 4.28. The van der Waals surface area contributed by atoms with Crippen LogP contribution in [0.1, 0.15) is 50.8 Å². The largest absolute Gasteiger partial charge is 0.356 e. The lowest BCUT2D eigenvalue weighted by Gasteiger charge is -2.30. The summed E-state index contributed by atoms with van der Waals surface area (Å²) < 4.78 is 0. The van der Waals surface area contributed by atoms with E-state index in [0.717, 1.165) is 49.0 Å². The first-order valence-electron chi connectivity index (χ1n) is 10.4. The van der Waals surface area contributed by atoms with Crippen LogP contribution in [0, 0.1) is 0 Å². The molecular formula is C21H27N5O3. The summed E-state index contributed by atoms with van der Waals surface area (Å²) in [6.07, 6.45) is 6.02. The second-order valence-electron chi connectivity index (χ2n) is 7.93. The van der Waals surface area contributed by atoms with Gasteiger partial charge in [0.15, 0.2) is 0 Å². The summed E-state index contributed by atoms with van der Waals surface area (Å²) in [5.74, 6) is 0.581. The van der Waals surface area contributed by atoms with Crippen LogP contribution in [0.4, 0.5) is 4.79 Å². The van der Waals surface area contributed by atoms with Crippen molar-refractivity contribution in [3.8, 4) is 0 Å². The minimum Gasteiger partial charge on any atom is -0.356 e. The van der Waals surface area contributed by atoms with Gasteiger partial charge in [-0.15, -0.1) is 0 Å². The topological polar surface area (TPSA) is 107 Å². The zero-order valence-electron chi connectivity index (χ0n) is 16.5. The van der Waals surface area contributed by atoms with E-state index in [2.05, 4.69) is 20.6 Å². The first-order valence-corrected chi connectivity index (χ1v) is 10.4. The number of hydrogen-bond donors (Lipinski definition) is 3. The number of imide groups is 1. The number of imidazole rings is 1. The lowest BCUT2D eigenvalue weighted by Crippen LogP contribution is -2.48. The van der Waals surface area contributed by atoms with Gasteiger partial charge in [0.25, 0.3) is 5.91 Å². The van der Waals surface area contributed by atoms with Crippen molar-refractivity contribution in [1.82, 2.24) is 25.5 Å². The standard InChI is InChI=1S/C21H27N5O3/c27-18(22-13-6-9-17-23-15-7-2-3-8-16(15)24-17)10-14-26-19(28)21(25-20(26)29)11-4-1-5-12-21/h2-3,7-8H,1,4-6,9-14H2,(H,22,27)(H,23,24)(H,25,29). The van der Waals surface area contributed by atoms with Crippen molar-refractivity contribution in [2.75, 3.05) is 13.1 Å². The summed E-state index contributed by atoms with van der Waals surface area (Å²) in [7, 11) is 0. The highest BCUT2D eigenvalue weighted by Crippen LogP contribution is 2.33. The number of para-hydroxylation sites is 2. The number of carbonyl (C=O) groups excluding carboxylic acids is 3. The molecule has 1 saturated carbocycles. The van der Waals surface area contributed by atoms with E-state index >= 15 is 0 Å². The monoisotopic (exact) mass is 397 g/mol. The Morgan fingerprint density at radius 2 is 1.97 bits per heavy atom. The first kappa shape index (κ1) is 19.4. The molecule has 3 N–H and O–H groups in total. The molecule has 0 radical (unpaired) electrons. The average Bonchev–Trinajstić information content (AvgIpc) is 3.23. The Morgan fingerprint density at radius 3 is 2.76 bits per heavy atom. The van der Waals surface area contributed by atoms with Gasteiger partial charge in [0.1, 0.15) is 11.4 Å².